The molecule has 134 valence electrons. The number of thiazole rings is 1. The van der Waals surface area contributed by atoms with Crippen LogP contribution in [-0.2, 0) is 6.42 Å². The third-order valence-electron chi connectivity index (χ3n) is 5.57. The maximum absolute atomic E-state index is 9.29. The van der Waals surface area contributed by atoms with Gasteiger partial charge in [0.05, 0.1) is 28.5 Å². The molecule has 0 fully saturated rings. The zero-order chi connectivity index (χ0) is 18.8. The largest absolute Gasteiger partial charge is 0.256 e. The Bertz CT molecular complexity index is 1010. The van der Waals surface area contributed by atoms with Crippen molar-refractivity contribution in [3.8, 4) is 17.2 Å². The van der Waals surface area contributed by atoms with Crippen LogP contribution in [0.4, 0.5) is 0 Å². The Morgan fingerprint density at radius 1 is 1.15 bits per heavy atom. The Hall–Kier alpha value is -2.77. The maximum Gasteiger partial charge on any atom is 0.0998 e. The quantitative estimate of drug-likeness (QED) is 0.593. The summed E-state index contributed by atoms with van der Waals surface area (Å²) in [6, 6.07) is 13.9. The highest BCUT2D eigenvalue weighted by atomic mass is 32.1. The van der Waals surface area contributed by atoms with Gasteiger partial charge in [0.2, 0.25) is 0 Å². The van der Waals surface area contributed by atoms with Crippen LogP contribution in [0.2, 0.25) is 0 Å². The van der Waals surface area contributed by atoms with Crippen LogP contribution in [0.1, 0.15) is 41.6 Å². The number of nitrogens with zero attached hydrogens (tertiary/aromatic N) is 3. The number of benzene rings is 1. The number of aromatic nitrogens is 2. The maximum atomic E-state index is 9.29. The molecule has 0 aliphatic heterocycles. The van der Waals surface area contributed by atoms with Gasteiger partial charge >= 0.3 is 0 Å². The standard InChI is InChI=1S/C23H21N3S/c1-15-11-22-23(27-14-26-22)20(16(15)2)10-9-19-8-7-18(13-25-19)21-6-4-3-5-17(21)12-24/h3-10,13-16,20H,11H2,1-2H3/t15-,16+,20-/m0/s1. The summed E-state index contributed by atoms with van der Waals surface area (Å²) in [5.74, 6) is 1.63. The number of fused-ring (bicyclic) bond motifs is 1. The van der Waals surface area contributed by atoms with Crippen molar-refractivity contribution in [2.75, 3.05) is 0 Å². The van der Waals surface area contributed by atoms with Crippen LogP contribution in [0.3, 0.4) is 0 Å². The molecule has 2 aromatic heterocycles. The van der Waals surface area contributed by atoms with Crippen molar-refractivity contribution in [3.05, 3.63) is 76.0 Å². The molecule has 0 radical (unpaired) electrons. The van der Waals surface area contributed by atoms with E-state index in [4.69, 9.17) is 0 Å². The van der Waals surface area contributed by atoms with Gasteiger partial charge in [0, 0.05) is 28.1 Å². The topological polar surface area (TPSA) is 49.6 Å². The molecule has 3 atom stereocenters. The average Bonchev–Trinajstić information content (AvgIpc) is 3.16. The van der Waals surface area contributed by atoms with E-state index in [0.717, 1.165) is 23.2 Å². The van der Waals surface area contributed by atoms with Crippen molar-refractivity contribution in [2.24, 2.45) is 11.8 Å². The van der Waals surface area contributed by atoms with E-state index >= 15 is 0 Å². The summed E-state index contributed by atoms with van der Waals surface area (Å²) in [5, 5.41) is 9.29. The van der Waals surface area contributed by atoms with E-state index in [1.807, 2.05) is 48.1 Å². The molecule has 1 aliphatic carbocycles. The van der Waals surface area contributed by atoms with Crippen LogP contribution < -0.4 is 0 Å². The molecule has 27 heavy (non-hydrogen) atoms. The Morgan fingerprint density at radius 3 is 2.78 bits per heavy atom. The van der Waals surface area contributed by atoms with Crippen molar-refractivity contribution >= 4 is 17.4 Å². The lowest BCUT2D eigenvalue weighted by Gasteiger charge is -2.31. The molecule has 0 N–H and O–H groups in total. The number of nitriles is 1. The monoisotopic (exact) mass is 371 g/mol. The summed E-state index contributed by atoms with van der Waals surface area (Å²) in [6.07, 6.45) is 7.32. The zero-order valence-electron chi connectivity index (χ0n) is 15.5. The highest BCUT2D eigenvalue weighted by molar-refractivity contribution is 7.09. The average molecular weight is 372 g/mol. The van der Waals surface area contributed by atoms with E-state index in [9.17, 15) is 5.26 Å². The second kappa shape index (κ2) is 7.46. The molecular weight excluding hydrogens is 350 g/mol. The number of hydrogen-bond donors (Lipinski definition) is 0. The smallest absolute Gasteiger partial charge is 0.0998 e. The van der Waals surface area contributed by atoms with Gasteiger partial charge in [-0.05, 0) is 36.5 Å². The van der Waals surface area contributed by atoms with Crippen molar-refractivity contribution in [1.82, 2.24) is 9.97 Å². The van der Waals surface area contributed by atoms with Gasteiger partial charge in [-0.3, -0.25) is 4.98 Å². The van der Waals surface area contributed by atoms with Crippen molar-refractivity contribution in [1.29, 1.82) is 5.26 Å². The predicted octanol–water partition coefficient (Wildman–Crippen LogP) is 5.70. The molecule has 3 nitrogen and oxygen atoms in total. The first-order valence-corrected chi connectivity index (χ1v) is 10.1. The third kappa shape index (κ3) is 3.43. The van der Waals surface area contributed by atoms with Crippen LogP contribution in [0, 0.1) is 23.2 Å². The van der Waals surface area contributed by atoms with Gasteiger partial charge in [-0.2, -0.15) is 5.26 Å². The molecule has 4 rings (SSSR count). The summed E-state index contributed by atoms with van der Waals surface area (Å²) in [6.45, 7) is 4.64. The van der Waals surface area contributed by atoms with Crippen LogP contribution >= 0.6 is 11.3 Å². The fourth-order valence-corrected chi connectivity index (χ4v) is 4.76. The van der Waals surface area contributed by atoms with Crippen LogP contribution in [0.5, 0.6) is 0 Å². The lowest BCUT2D eigenvalue weighted by Crippen LogP contribution is -2.23. The number of hydrogen-bond acceptors (Lipinski definition) is 4. The van der Waals surface area contributed by atoms with E-state index in [1.54, 1.807) is 11.3 Å². The first-order chi connectivity index (χ1) is 13.2. The van der Waals surface area contributed by atoms with Gasteiger partial charge in [0.15, 0.2) is 0 Å². The summed E-state index contributed by atoms with van der Waals surface area (Å²) in [5.41, 5.74) is 6.73. The van der Waals surface area contributed by atoms with Gasteiger partial charge in [-0.25, -0.2) is 4.98 Å². The second-order valence-electron chi connectivity index (χ2n) is 7.22. The van der Waals surface area contributed by atoms with Crippen LogP contribution in [0.15, 0.2) is 54.2 Å². The molecule has 0 saturated carbocycles. The van der Waals surface area contributed by atoms with Gasteiger partial charge < -0.3 is 0 Å². The number of allylic oxidation sites excluding steroid dienone is 1. The van der Waals surface area contributed by atoms with Crippen molar-refractivity contribution in [3.63, 3.8) is 0 Å². The Labute approximate surface area is 164 Å². The van der Waals surface area contributed by atoms with Crippen molar-refractivity contribution < 1.29 is 0 Å². The molecule has 1 aliphatic rings. The third-order valence-corrected chi connectivity index (χ3v) is 6.55. The molecule has 0 saturated heterocycles. The molecule has 0 amide bonds. The van der Waals surface area contributed by atoms with E-state index in [0.29, 0.717) is 23.3 Å². The molecule has 0 spiro atoms. The Morgan fingerprint density at radius 2 is 2.00 bits per heavy atom. The lowest BCUT2D eigenvalue weighted by molar-refractivity contribution is 0.332. The van der Waals surface area contributed by atoms with Gasteiger partial charge in [-0.1, -0.05) is 44.2 Å². The molecule has 0 unspecified atom stereocenters. The van der Waals surface area contributed by atoms with Crippen LogP contribution in [-0.4, -0.2) is 9.97 Å². The van der Waals surface area contributed by atoms with Gasteiger partial charge in [-0.15, -0.1) is 11.3 Å². The minimum Gasteiger partial charge on any atom is -0.256 e. The highest BCUT2D eigenvalue weighted by Gasteiger charge is 2.31. The van der Waals surface area contributed by atoms with E-state index in [1.165, 1.54) is 10.6 Å². The lowest BCUT2D eigenvalue weighted by atomic mass is 9.75. The van der Waals surface area contributed by atoms with E-state index in [-0.39, 0.29) is 0 Å². The number of pyridine rings is 1. The summed E-state index contributed by atoms with van der Waals surface area (Å²) in [4.78, 5) is 10.5. The Kier molecular flexibility index (Phi) is 4.87. The van der Waals surface area contributed by atoms with Gasteiger partial charge in [0.25, 0.3) is 0 Å². The fraction of sp³-hybridized carbons (Fsp3) is 0.261. The van der Waals surface area contributed by atoms with Gasteiger partial charge in [0.1, 0.15) is 0 Å². The number of rotatable bonds is 3. The van der Waals surface area contributed by atoms with Crippen LogP contribution in [0.25, 0.3) is 17.2 Å². The predicted molar refractivity (Wildman–Crippen MR) is 110 cm³/mol. The zero-order valence-corrected chi connectivity index (χ0v) is 16.3. The second-order valence-corrected chi connectivity index (χ2v) is 8.10. The molecule has 3 aromatic rings. The summed E-state index contributed by atoms with van der Waals surface area (Å²) < 4.78 is 0. The normalized spacial score (nSPS) is 21.7. The first-order valence-electron chi connectivity index (χ1n) is 9.23. The Balaban J connectivity index is 1.58. The minimum absolute atomic E-state index is 0.400. The SMILES string of the molecule is C[C@H]1[C@H](C=Cc2ccc(-c3ccccc3C#N)cn2)c2scnc2C[C@@H]1C. The van der Waals surface area contributed by atoms with Crippen molar-refractivity contribution in [2.45, 2.75) is 26.2 Å². The fourth-order valence-electron chi connectivity index (χ4n) is 3.75. The first kappa shape index (κ1) is 17.6. The summed E-state index contributed by atoms with van der Waals surface area (Å²) >= 11 is 1.76. The molecule has 1 aromatic carbocycles. The summed E-state index contributed by atoms with van der Waals surface area (Å²) in [7, 11) is 0. The molecule has 2 heterocycles. The van der Waals surface area contributed by atoms with E-state index < -0.39 is 0 Å². The molecular formula is C23H21N3S. The minimum atomic E-state index is 0.400. The molecule has 4 heteroatoms. The molecule has 0 bridgehead atoms. The van der Waals surface area contributed by atoms with E-state index in [2.05, 4.69) is 42.0 Å². The highest BCUT2D eigenvalue weighted by Crippen LogP contribution is 2.42.